The maximum Gasteiger partial charge on any atom is 0.184 e. The van der Waals surface area contributed by atoms with Gasteiger partial charge < -0.3 is 0 Å². The Labute approximate surface area is 92.5 Å². The van der Waals surface area contributed by atoms with Crippen molar-refractivity contribution in [2.75, 3.05) is 0 Å². The molecule has 0 aliphatic heterocycles. The highest BCUT2D eigenvalue weighted by Crippen LogP contribution is 2.23. The first kappa shape index (κ1) is 10.8. The lowest BCUT2D eigenvalue weighted by Crippen LogP contribution is -2.03. The van der Waals surface area contributed by atoms with Crippen LogP contribution in [0.3, 0.4) is 0 Å². The van der Waals surface area contributed by atoms with Gasteiger partial charge in [0.05, 0.1) is 0 Å². The van der Waals surface area contributed by atoms with Crippen LogP contribution in [0.4, 0.5) is 8.78 Å². The molecule has 2 nitrogen and oxygen atoms in total. The molecule has 0 atom stereocenters. The van der Waals surface area contributed by atoms with Gasteiger partial charge in [0.1, 0.15) is 5.69 Å². The van der Waals surface area contributed by atoms with E-state index in [4.69, 9.17) is 0 Å². The molecule has 4 heteroatoms. The van der Waals surface area contributed by atoms with Gasteiger partial charge in [0.15, 0.2) is 11.6 Å². The molecule has 0 saturated heterocycles. The Morgan fingerprint density at radius 3 is 2.56 bits per heavy atom. The Morgan fingerprint density at radius 2 is 2.00 bits per heavy atom. The molecular weight excluding hydrogens is 210 g/mol. The standard InChI is InChI=1S/C12H12F2N2/c1-8(2)9-6-10(13)12(14)11(7-9)16-5-3-4-15-16/h3-8H,1-2H3. The summed E-state index contributed by atoms with van der Waals surface area (Å²) in [4.78, 5) is 0. The third-order valence-corrected chi connectivity index (χ3v) is 2.45. The Hall–Kier alpha value is -1.71. The maximum atomic E-state index is 13.6. The Balaban J connectivity index is 2.60. The molecule has 84 valence electrons. The fourth-order valence-corrected chi connectivity index (χ4v) is 1.51. The number of rotatable bonds is 2. The highest BCUT2D eigenvalue weighted by atomic mass is 19.2. The van der Waals surface area contributed by atoms with Crippen molar-refractivity contribution in [1.82, 2.24) is 9.78 Å². The van der Waals surface area contributed by atoms with E-state index < -0.39 is 11.6 Å². The van der Waals surface area contributed by atoms with Crippen LogP contribution in [0.1, 0.15) is 25.3 Å². The number of hydrogen-bond acceptors (Lipinski definition) is 1. The van der Waals surface area contributed by atoms with Crippen LogP contribution in [0.25, 0.3) is 5.69 Å². The second-order valence-corrected chi connectivity index (χ2v) is 3.94. The van der Waals surface area contributed by atoms with Crippen LogP contribution in [0, 0.1) is 11.6 Å². The van der Waals surface area contributed by atoms with Gasteiger partial charge in [-0.1, -0.05) is 13.8 Å². The number of aromatic nitrogens is 2. The Morgan fingerprint density at radius 1 is 1.25 bits per heavy atom. The summed E-state index contributed by atoms with van der Waals surface area (Å²) in [6.45, 7) is 3.86. The summed E-state index contributed by atoms with van der Waals surface area (Å²) in [6.07, 6.45) is 3.11. The van der Waals surface area contributed by atoms with E-state index in [0.29, 0.717) is 0 Å². The third kappa shape index (κ3) is 1.83. The van der Waals surface area contributed by atoms with Gasteiger partial charge in [0, 0.05) is 12.4 Å². The normalized spacial score (nSPS) is 11.1. The van der Waals surface area contributed by atoms with E-state index in [1.165, 1.54) is 16.9 Å². The first-order chi connectivity index (χ1) is 7.59. The van der Waals surface area contributed by atoms with Gasteiger partial charge in [-0.05, 0) is 29.7 Å². The number of halogens is 2. The summed E-state index contributed by atoms with van der Waals surface area (Å²) < 4.78 is 28.3. The van der Waals surface area contributed by atoms with E-state index in [2.05, 4.69) is 5.10 Å². The molecule has 1 aromatic carbocycles. The average molecular weight is 222 g/mol. The van der Waals surface area contributed by atoms with Gasteiger partial charge in [0.2, 0.25) is 0 Å². The maximum absolute atomic E-state index is 13.6. The van der Waals surface area contributed by atoms with E-state index in [9.17, 15) is 8.78 Å². The van der Waals surface area contributed by atoms with Crippen molar-refractivity contribution in [3.63, 3.8) is 0 Å². The highest BCUT2D eigenvalue weighted by Gasteiger charge is 2.13. The summed E-state index contributed by atoms with van der Waals surface area (Å²) in [5.74, 6) is -1.56. The molecule has 2 rings (SSSR count). The van der Waals surface area contributed by atoms with Gasteiger partial charge in [-0.3, -0.25) is 0 Å². The summed E-state index contributed by atoms with van der Waals surface area (Å²) in [5, 5.41) is 3.90. The van der Waals surface area contributed by atoms with Gasteiger partial charge >= 0.3 is 0 Å². The van der Waals surface area contributed by atoms with Crippen molar-refractivity contribution in [2.24, 2.45) is 0 Å². The number of benzene rings is 1. The molecule has 16 heavy (non-hydrogen) atoms. The van der Waals surface area contributed by atoms with Crippen LogP contribution in [0.2, 0.25) is 0 Å². The molecule has 0 spiro atoms. The van der Waals surface area contributed by atoms with Gasteiger partial charge in [-0.15, -0.1) is 0 Å². The lowest BCUT2D eigenvalue weighted by Gasteiger charge is -2.10. The minimum absolute atomic E-state index is 0.143. The monoisotopic (exact) mass is 222 g/mol. The highest BCUT2D eigenvalue weighted by molar-refractivity contribution is 5.38. The number of hydrogen-bond donors (Lipinski definition) is 0. The molecule has 2 aromatic rings. The van der Waals surface area contributed by atoms with E-state index in [-0.39, 0.29) is 11.6 Å². The first-order valence-corrected chi connectivity index (χ1v) is 5.08. The van der Waals surface area contributed by atoms with Crippen molar-refractivity contribution < 1.29 is 8.78 Å². The Kier molecular flexibility index (Phi) is 2.73. The summed E-state index contributed by atoms with van der Waals surface area (Å²) in [5.41, 5.74) is 0.901. The zero-order valence-electron chi connectivity index (χ0n) is 9.11. The van der Waals surface area contributed by atoms with E-state index in [1.54, 1.807) is 18.3 Å². The summed E-state index contributed by atoms with van der Waals surface area (Å²) >= 11 is 0. The predicted molar refractivity (Wildman–Crippen MR) is 57.6 cm³/mol. The molecule has 0 saturated carbocycles. The SMILES string of the molecule is CC(C)c1cc(F)c(F)c(-n2cccn2)c1. The Bertz CT molecular complexity index is 490. The fourth-order valence-electron chi connectivity index (χ4n) is 1.51. The fraction of sp³-hybridized carbons (Fsp3) is 0.250. The molecule has 1 heterocycles. The van der Waals surface area contributed by atoms with Crippen molar-refractivity contribution in [3.8, 4) is 5.69 Å². The topological polar surface area (TPSA) is 17.8 Å². The summed E-state index contributed by atoms with van der Waals surface area (Å²) in [7, 11) is 0. The van der Waals surface area contributed by atoms with Crippen molar-refractivity contribution in [1.29, 1.82) is 0 Å². The molecule has 0 aliphatic rings. The lowest BCUT2D eigenvalue weighted by atomic mass is 10.0. The number of nitrogens with zero attached hydrogens (tertiary/aromatic N) is 2. The molecule has 0 aliphatic carbocycles. The van der Waals surface area contributed by atoms with Gasteiger partial charge in [0.25, 0.3) is 0 Å². The van der Waals surface area contributed by atoms with Gasteiger partial charge in [-0.25, -0.2) is 13.5 Å². The van der Waals surface area contributed by atoms with Crippen LogP contribution < -0.4 is 0 Å². The van der Waals surface area contributed by atoms with Crippen LogP contribution >= 0.6 is 0 Å². The molecular formula is C12H12F2N2. The quantitative estimate of drug-likeness (QED) is 0.762. The van der Waals surface area contributed by atoms with E-state index in [0.717, 1.165) is 5.56 Å². The second-order valence-electron chi connectivity index (χ2n) is 3.94. The zero-order chi connectivity index (χ0) is 11.7. The van der Waals surface area contributed by atoms with Crippen LogP contribution in [-0.2, 0) is 0 Å². The van der Waals surface area contributed by atoms with Crippen molar-refractivity contribution in [3.05, 3.63) is 47.8 Å². The molecule has 0 amide bonds. The molecule has 0 fully saturated rings. The van der Waals surface area contributed by atoms with Crippen LogP contribution in [-0.4, -0.2) is 9.78 Å². The second kappa shape index (κ2) is 4.04. The smallest absolute Gasteiger partial charge is 0.184 e. The minimum atomic E-state index is -0.867. The van der Waals surface area contributed by atoms with Crippen molar-refractivity contribution >= 4 is 0 Å². The molecule has 1 aromatic heterocycles. The molecule has 0 radical (unpaired) electrons. The van der Waals surface area contributed by atoms with E-state index >= 15 is 0 Å². The predicted octanol–water partition coefficient (Wildman–Crippen LogP) is 3.27. The minimum Gasteiger partial charge on any atom is -0.238 e. The van der Waals surface area contributed by atoms with Gasteiger partial charge in [-0.2, -0.15) is 5.10 Å². The summed E-state index contributed by atoms with van der Waals surface area (Å²) in [6, 6.07) is 4.52. The molecule has 0 unspecified atom stereocenters. The van der Waals surface area contributed by atoms with Crippen molar-refractivity contribution in [2.45, 2.75) is 19.8 Å². The average Bonchev–Trinajstić information content (AvgIpc) is 2.74. The first-order valence-electron chi connectivity index (χ1n) is 5.08. The van der Waals surface area contributed by atoms with Crippen LogP contribution in [0.5, 0.6) is 0 Å². The zero-order valence-corrected chi connectivity index (χ0v) is 9.11. The molecule has 0 bridgehead atoms. The largest absolute Gasteiger partial charge is 0.238 e. The lowest BCUT2D eigenvalue weighted by molar-refractivity contribution is 0.499. The van der Waals surface area contributed by atoms with Crippen LogP contribution in [0.15, 0.2) is 30.6 Å². The third-order valence-electron chi connectivity index (χ3n) is 2.45. The van der Waals surface area contributed by atoms with E-state index in [1.807, 2.05) is 13.8 Å². The molecule has 0 N–H and O–H groups in total.